The van der Waals surface area contributed by atoms with Crippen LogP contribution >= 0.6 is 0 Å². The van der Waals surface area contributed by atoms with Crippen LogP contribution < -0.4 is 0 Å². The van der Waals surface area contributed by atoms with Gasteiger partial charge in [-0.1, -0.05) is 0 Å². The summed E-state index contributed by atoms with van der Waals surface area (Å²) < 4.78 is 2.29. The first-order valence-corrected chi connectivity index (χ1v) is 7.01. The number of piperidine rings is 1. The van der Waals surface area contributed by atoms with E-state index in [4.69, 9.17) is 0 Å². The third-order valence-corrected chi connectivity index (χ3v) is 4.28. The maximum Gasteiger partial charge on any atom is 0.219 e. The molecule has 1 fully saturated rings. The van der Waals surface area contributed by atoms with Gasteiger partial charge in [0, 0.05) is 39.0 Å². The van der Waals surface area contributed by atoms with Crippen LogP contribution in [0.3, 0.4) is 0 Å². The molecule has 19 heavy (non-hydrogen) atoms. The molecule has 6 heteroatoms. The van der Waals surface area contributed by atoms with Crippen LogP contribution in [-0.2, 0) is 17.9 Å². The van der Waals surface area contributed by atoms with Crippen molar-refractivity contribution in [3.8, 4) is 0 Å². The Morgan fingerprint density at radius 2 is 1.89 bits per heavy atom. The molecule has 0 aromatic carbocycles. The molecular weight excluding hydrogens is 242 g/mol. The predicted octanol–water partition coefficient (Wildman–Crippen LogP) is 0.449. The number of rotatable bonds is 1. The van der Waals surface area contributed by atoms with Gasteiger partial charge in [0.15, 0.2) is 0 Å². The van der Waals surface area contributed by atoms with E-state index >= 15 is 0 Å². The van der Waals surface area contributed by atoms with Crippen LogP contribution in [0.5, 0.6) is 0 Å². The Balaban J connectivity index is 1.73. The van der Waals surface area contributed by atoms with Crippen molar-refractivity contribution in [2.24, 2.45) is 0 Å². The van der Waals surface area contributed by atoms with Gasteiger partial charge < -0.3 is 9.47 Å². The zero-order valence-electron chi connectivity index (χ0n) is 11.7. The van der Waals surface area contributed by atoms with Gasteiger partial charge in [-0.2, -0.15) is 0 Å². The maximum atomic E-state index is 11.3. The van der Waals surface area contributed by atoms with Crippen LogP contribution in [0.4, 0.5) is 0 Å². The summed E-state index contributed by atoms with van der Waals surface area (Å²) in [6.07, 6.45) is 2.01. The van der Waals surface area contributed by atoms with Gasteiger partial charge in [0.05, 0.1) is 6.54 Å². The molecule has 0 N–H and O–H groups in total. The normalized spacial score (nSPS) is 21.5. The standard InChI is InChI=1S/C13H21N5O/c1-10(19)17-5-3-11(4-6-17)13-15-14-12-9-16(2)7-8-18(12)13/h11H,3-9H2,1-2H3. The first-order valence-electron chi connectivity index (χ1n) is 7.01. The van der Waals surface area contributed by atoms with E-state index in [2.05, 4.69) is 26.7 Å². The van der Waals surface area contributed by atoms with E-state index < -0.39 is 0 Å². The zero-order chi connectivity index (χ0) is 13.4. The molecule has 0 aliphatic carbocycles. The Labute approximate surface area is 113 Å². The molecule has 1 aromatic heterocycles. The Kier molecular flexibility index (Phi) is 3.26. The summed E-state index contributed by atoms with van der Waals surface area (Å²) in [4.78, 5) is 15.5. The lowest BCUT2D eigenvalue weighted by atomic mass is 9.95. The Bertz CT molecular complexity index is 475. The van der Waals surface area contributed by atoms with Gasteiger partial charge in [-0.05, 0) is 19.9 Å². The number of fused-ring (bicyclic) bond motifs is 1. The van der Waals surface area contributed by atoms with E-state index in [0.717, 1.165) is 57.2 Å². The molecule has 3 rings (SSSR count). The molecule has 3 heterocycles. The van der Waals surface area contributed by atoms with Gasteiger partial charge in [0.2, 0.25) is 5.91 Å². The number of likely N-dealkylation sites (tertiary alicyclic amines) is 1. The first-order chi connectivity index (χ1) is 9.15. The van der Waals surface area contributed by atoms with Crippen LogP contribution in [0.2, 0.25) is 0 Å². The van der Waals surface area contributed by atoms with Crippen LogP contribution in [0.15, 0.2) is 0 Å². The maximum absolute atomic E-state index is 11.3. The average Bonchev–Trinajstić information content (AvgIpc) is 2.81. The van der Waals surface area contributed by atoms with Crippen molar-refractivity contribution in [2.75, 3.05) is 26.7 Å². The predicted molar refractivity (Wildman–Crippen MR) is 70.6 cm³/mol. The minimum atomic E-state index is 0.184. The summed E-state index contributed by atoms with van der Waals surface area (Å²) >= 11 is 0. The van der Waals surface area contributed by atoms with Crippen molar-refractivity contribution in [1.29, 1.82) is 0 Å². The number of carbonyl (C=O) groups excluding carboxylic acids is 1. The highest BCUT2D eigenvalue weighted by atomic mass is 16.2. The van der Waals surface area contributed by atoms with E-state index in [9.17, 15) is 4.79 Å². The van der Waals surface area contributed by atoms with Gasteiger partial charge in [0.1, 0.15) is 11.6 Å². The smallest absolute Gasteiger partial charge is 0.219 e. The lowest BCUT2D eigenvalue weighted by Crippen LogP contribution is -2.37. The Morgan fingerprint density at radius 1 is 1.16 bits per heavy atom. The molecule has 2 aliphatic heterocycles. The van der Waals surface area contributed by atoms with Crippen molar-refractivity contribution in [3.05, 3.63) is 11.6 Å². The summed E-state index contributed by atoms with van der Waals surface area (Å²) in [5.41, 5.74) is 0. The summed E-state index contributed by atoms with van der Waals surface area (Å²) in [7, 11) is 2.11. The summed E-state index contributed by atoms with van der Waals surface area (Å²) in [5, 5.41) is 8.74. The van der Waals surface area contributed by atoms with Crippen molar-refractivity contribution >= 4 is 5.91 Å². The van der Waals surface area contributed by atoms with Gasteiger partial charge >= 0.3 is 0 Å². The van der Waals surface area contributed by atoms with E-state index in [1.165, 1.54) is 0 Å². The lowest BCUT2D eigenvalue weighted by molar-refractivity contribution is -0.129. The minimum absolute atomic E-state index is 0.184. The quantitative estimate of drug-likeness (QED) is 0.738. The minimum Gasteiger partial charge on any atom is -0.343 e. The number of aromatic nitrogens is 3. The summed E-state index contributed by atoms with van der Waals surface area (Å²) in [6, 6.07) is 0. The topological polar surface area (TPSA) is 54.3 Å². The van der Waals surface area contributed by atoms with Gasteiger partial charge in [-0.3, -0.25) is 9.69 Å². The molecule has 1 aromatic rings. The van der Waals surface area contributed by atoms with E-state index in [-0.39, 0.29) is 5.91 Å². The van der Waals surface area contributed by atoms with Crippen LogP contribution in [0, 0.1) is 0 Å². The third-order valence-electron chi connectivity index (χ3n) is 4.28. The third kappa shape index (κ3) is 2.36. The number of hydrogen-bond donors (Lipinski definition) is 0. The highest BCUT2D eigenvalue weighted by Crippen LogP contribution is 2.28. The second-order valence-electron chi connectivity index (χ2n) is 5.64. The van der Waals surface area contributed by atoms with E-state index in [1.54, 1.807) is 6.92 Å². The number of nitrogens with zero attached hydrogens (tertiary/aromatic N) is 5. The second kappa shape index (κ2) is 4.92. The number of carbonyl (C=O) groups is 1. The Hall–Kier alpha value is -1.43. The SMILES string of the molecule is CC(=O)N1CCC(c2nnc3n2CCN(C)C3)CC1. The number of amides is 1. The molecule has 0 spiro atoms. The van der Waals surface area contributed by atoms with E-state index in [1.807, 2.05) is 4.90 Å². The molecule has 0 atom stereocenters. The van der Waals surface area contributed by atoms with E-state index in [0.29, 0.717) is 5.92 Å². The number of hydrogen-bond acceptors (Lipinski definition) is 4. The Morgan fingerprint density at radius 3 is 2.58 bits per heavy atom. The summed E-state index contributed by atoms with van der Waals surface area (Å²) in [6.45, 7) is 6.28. The van der Waals surface area contributed by atoms with Crippen LogP contribution in [0.25, 0.3) is 0 Å². The lowest BCUT2D eigenvalue weighted by Gasteiger charge is -2.32. The molecule has 0 unspecified atom stereocenters. The first kappa shape index (κ1) is 12.6. The molecule has 0 bridgehead atoms. The fourth-order valence-corrected chi connectivity index (χ4v) is 3.06. The molecule has 0 radical (unpaired) electrons. The average molecular weight is 263 g/mol. The number of likely N-dealkylation sites (N-methyl/N-ethyl adjacent to an activating group) is 1. The molecule has 1 saturated heterocycles. The van der Waals surface area contributed by atoms with Crippen LogP contribution in [-0.4, -0.2) is 57.2 Å². The fraction of sp³-hybridized carbons (Fsp3) is 0.769. The van der Waals surface area contributed by atoms with Gasteiger partial charge in [-0.15, -0.1) is 10.2 Å². The molecule has 104 valence electrons. The largest absolute Gasteiger partial charge is 0.343 e. The highest BCUT2D eigenvalue weighted by molar-refractivity contribution is 5.73. The molecule has 1 amide bonds. The molecular formula is C13H21N5O. The monoisotopic (exact) mass is 263 g/mol. The van der Waals surface area contributed by atoms with Gasteiger partial charge in [0.25, 0.3) is 0 Å². The van der Waals surface area contributed by atoms with Crippen molar-refractivity contribution in [3.63, 3.8) is 0 Å². The molecule has 0 saturated carbocycles. The van der Waals surface area contributed by atoms with Crippen molar-refractivity contribution in [1.82, 2.24) is 24.6 Å². The molecule has 2 aliphatic rings. The fourth-order valence-electron chi connectivity index (χ4n) is 3.06. The molecule has 6 nitrogen and oxygen atoms in total. The summed E-state index contributed by atoms with van der Waals surface area (Å²) in [5.74, 6) is 2.85. The van der Waals surface area contributed by atoms with Crippen molar-refractivity contribution in [2.45, 2.75) is 38.8 Å². The van der Waals surface area contributed by atoms with Crippen LogP contribution in [0.1, 0.15) is 37.3 Å². The zero-order valence-corrected chi connectivity index (χ0v) is 11.7. The highest BCUT2D eigenvalue weighted by Gasteiger charge is 2.28. The van der Waals surface area contributed by atoms with Gasteiger partial charge in [-0.25, -0.2) is 0 Å². The van der Waals surface area contributed by atoms with Crippen molar-refractivity contribution < 1.29 is 4.79 Å². The second-order valence-corrected chi connectivity index (χ2v) is 5.64.